The topological polar surface area (TPSA) is 44.5 Å². The summed E-state index contributed by atoms with van der Waals surface area (Å²) in [5.74, 6) is -0.697. The lowest BCUT2D eigenvalue weighted by atomic mass is 9.98. The van der Waals surface area contributed by atoms with Crippen LogP contribution in [0.4, 0.5) is 8.78 Å². The van der Waals surface area contributed by atoms with Crippen molar-refractivity contribution in [3.05, 3.63) is 59.2 Å². The Labute approximate surface area is 115 Å². The van der Waals surface area contributed by atoms with Gasteiger partial charge in [-0.05, 0) is 17.7 Å². The molecule has 0 bridgehead atoms. The minimum Gasteiger partial charge on any atom is -0.497 e. The third-order valence-electron chi connectivity index (χ3n) is 3.07. The molecule has 0 spiro atoms. The van der Waals surface area contributed by atoms with E-state index in [0.29, 0.717) is 11.3 Å². The van der Waals surface area contributed by atoms with Crippen LogP contribution >= 0.6 is 0 Å². The van der Waals surface area contributed by atoms with Gasteiger partial charge in [0.1, 0.15) is 23.1 Å². The first-order chi connectivity index (χ1) is 9.56. The van der Waals surface area contributed by atoms with Gasteiger partial charge in [-0.1, -0.05) is 12.1 Å². The van der Waals surface area contributed by atoms with E-state index in [1.165, 1.54) is 14.2 Å². The zero-order valence-electron chi connectivity index (χ0n) is 11.2. The van der Waals surface area contributed by atoms with Crippen molar-refractivity contribution >= 4 is 0 Å². The summed E-state index contributed by atoms with van der Waals surface area (Å²) < 4.78 is 37.7. The number of hydrogen-bond donors (Lipinski definition) is 1. The molecule has 0 saturated heterocycles. The molecule has 106 valence electrons. The van der Waals surface area contributed by atoms with Crippen molar-refractivity contribution in [1.29, 1.82) is 0 Å². The lowest BCUT2D eigenvalue weighted by Crippen LogP contribution is -2.15. The molecule has 0 radical (unpaired) electrons. The molecule has 20 heavy (non-hydrogen) atoms. The van der Waals surface area contributed by atoms with Crippen LogP contribution < -0.4 is 15.2 Å². The van der Waals surface area contributed by atoms with Crippen LogP contribution in [0.2, 0.25) is 0 Å². The predicted octanol–water partition coefficient (Wildman–Crippen LogP) is 3.03. The van der Waals surface area contributed by atoms with Crippen molar-refractivity contribution in [3.8, 4) is 11.5 Å². The Bertz CT molecular complexity index is 576. The second kappa shape index (κ2) is 5.88. The molecule has 0 saturated carbocycles. The number of nitrogens with two attached hydrogens (primary N) is 1. The van der Waals surface area contributed by atoms with E-state index in [4.69, 9.17) is 15.2 Å². The third kappa shape index (κ3) is 2.72. The van der Waals surface area contributed by atoms with E-state index in [2.05, 4.69) is 0 Å². The Morgan fingerprint density at radius 2 is 1.40 bits per heavy atom. The highest BCUT2D eigenvalue weighted by Crippen LogP contribution is 2.29. The Kier molecular flexibility index (Phi) is 4.20. The molecule has 1 atom stereocenters. The molecule has 0 aliphatic rings. The molecule has 2 aromatic rings. The summed E-state index contributed by atoms with van der Waals surface area (Å²) >= 11 is 0. The minimum absolute atomic E-state index is 0.116. The summed E-state index contributed by atoms with van der Waals surface area (Å²) in [5, 5.41) is 0. The highest BCUT2D eigenvalue weighted by molar-refractivity contribution is 5.39. The molecule has 0 aliphatic heterocycles. The Balaban J connectivity index is 2.39. The van der Waals surface area contributed by atoms with Crippen LogP contribution in [0, 0.1) is 11.6 Å². The smallest absolute Gasteiger partial charge is 0.134 e. The fourth-order valence-corrected chi connectivity index (χ4v) is 1.95. The molecule has 0 fully saturated rings. The van der Waals surface area contributed by atoms with Crippen LogP contribution in [-0.4, -0.2) is 14.2 Å². The van der Waals surface area contributed by atoms with Gasteiger partial charge in [-0.3, -0.25) is 0 Å². The van der Waals surface area contributed by atoms with Crippen LogP contribution in [0.15, 0.2) is 36.4 Å². The molecule has 1 unspecified atom stereocenters. The SMILES string of the molecule is COc1ccc(C(N)c2c(F)cc(OC)cc2F)cc1. The van der Waals surface area contributed by atoms with E-state index in [0.717, 1.165) is 12.1 Å². The van der Waals surface area contributed by atoms with E-state index < -0.39 is 17.7 Å². The highest BCUT2D eigenvalue weighted by Gasteiger charge is 2.20. The number of hydrogen-bond acceptors (Lipinski definition) is 3. The molecule has 0 heterocycles. The molecular weight excluding hydrogens is 264 g/mol. The van der Waals surface area contributed by atoms with Crippen molar-refractivity contribution in [3.63, 3.8) is 0 Å². The van der Waals surface area contributed by atoms with Gasteiger partial charge in [-0.25, -0.2) is 8.78 Å². The van der Waals surface area contributed by atoms with Gasteiger partial charge in [0.2, 0.25) is 0 Å². The maximum atomic E-state index is 14.0. The predicted molar refractivity (Wildman–Crippen MR) is 71.9 cm³/mol. The summed E-state index contributed by atoms with van der Waals surface area (Å²) in [6, 6.07) is 8.05. The number of methoxy groups -OCH3 is 2. The molecule has 2 aromatic carbocycles. The molecule has 5 heteroatoms. The second-order valence-corrected chi connectivity index (χ2v) is 4.26. The number of halogens is 2. The monoisotopic (exact) mass is 279 g/mol. The Hall–Kier alpha value is -2.14. The molecule has 0 aliphatic carbocycles. The van der Waals surface area contributed by atoms with Crippen LogP contribution in [0.1, 0.15) is 17.2 Å². The molecule has 2 N–H and O–H groups in total. The summed E-state index contributed by atoms with van der Waals surface area (Å²) in [7, 11) is 2.88. The van der Waals surface area contributed by atoms with Gasteiger partial charge in [0.25, 0.3) is 0 Å². The van der Waals surface area contributed by atoms with Gasteiger partial charge < -0.3 is 15.2 Å². The van der Waals surface area contributed by atoms with Gasteiger partial charge in [0, 0.05) is 17.7 Å². The first-order valence-electron chi connectivity index (χ1n) is 5.99. The normalized spacial score (nSPS) is 12.1. The summed E-state index contributed by atoms with van der Waals surface area (Å²) in [4.78, 5) is 0. The Morgan fingerprint density at radius 1 is 0.900 bits per heavy atom. The maximum absolute atomic E-state index is 14.0. The second-order valence-electron chi connectivity index (χ2n) is 4.26. The van der Waals surface area contributed by atoms with Crippen LogP contribution in [-0.2, 0) is 0 Å². The van der Waals surface area contributed by atoms with E-state index in [-0.39, 0.29) is 11.3 Å². The van der Waals surface area contributed by atoms with Gasteiger partial charge in [0.15, 0.2) is 0 Å². The fraction of sp³-hybridized carbons (Fsp3) is 0.200. The minimum atomic E-state index is -0.896. The average molecular weight is 279 g/mol. The van der Waals surface area contributed by atoms with E-state index in [1.54, 1.807) is 24.3 Å². The van der Waals surface area contributed by atoms with Crippen LogP contribution in [0.5, 0.6) is 11.5 Å². The van der Waals surface area contributed by atoms with Gasteiger partial charge in [0.05, 0.1) is 20.3 Å². The molecule has 0 amide bonds. The van der Waals surface area contributed by atoms with E-state index in [1.807, 2.05) is 0 Å². The van der Waals surface area contributed by atoms with Crippen LogP contribution in [0.3, 0.4) is 0 Å². The molecular formula is C15H15F2NO2. The zero-order chi connectivity index (χ0) is 14.7. The van der Waals surface area contributed by atoms with Crippen molar-refractivity contribution in [2.75, 3.05) is 14.2 Å². The molecule has 2 rings (SSSR count). The number of rotatable bonds is 4. The molecule has 0 aromatic heterocycles. The van der Waals surface area contributed by atoms with Gasteiger partial charge in [-0.15, -0.1) is 0 Å². The zero-order valence-corrected chi connectivity index (χ0v) is 11.2. The van der Waals surface area contributed by atoms with E-state index >= 15 is 0 Å². The fourth-order valence-electron chi connectivity index (χ4n) is 1.95. The average Bonchev–Trinajstić information content (AvgIpc) is 2.46. The largest absolute Gasteiger partial charge is 0.497 e. The maximum Gasteiger partial charge on any atom is 0.134 e. The molecule has 3 nitrogen and oxygen atoms in total. The Morgan fingerprint density at radius 3 is 1.85 bits per heavy atom. The van der Waals surface area contributed by atoms with Gasteiger partial charge >= 0.3 is 0 Å². The van der Waals surface area contributed by atoms with E-state index in [9.17, 15) is 8.78 Å². The lowest BCUT2D eigenvalue weighted by molar-refractivity contribution is 0.404. The standard InChI is InChI=1S/C15H15F2NO2/c1-19-10-5-3-9(4-6-10)15(18)14-12(16)7-11(20-2)8-13(14)17/h3-8,15H,18H2,1-2H3. The number of benzene rings is 2. The quantitative estimate of drug-likeness (QED) is 0.935. The lowest BCUT2D eigenvalue weighted by Gasteiger charge is -2.15. The van der Waals surface area contributed by atoms with Crippen molar-refractivity contribution in [2.24, 2.45) is 5.73 Å². The highest BCUT2D eigenvalue weighted by atomic mass is 19.1. The number of ether oxygens (including phenoxy) is 2. The summed E-state index contributed by atoms with van der Waals surface area (Å²) in [6.45, 7) is 0. The van der Waals surface area contributed by atoms with Crippen LogP contribution in [0.25, 0.3) is 0 Å². The first-order valence-corrected chi connectivity index (χ1v) is 5.99. The van der Waals surface area contributed by atoms with Crippen molar-refractivity contribution < 1.29 is 18.3 Å². The van der Waals surface area contributed by atoms with Crippen molar-refractivity contribution in [1.82, 2.24) is 0 Å². The van der Waals surface area contributed by atoms with Crippen molar-refractivity contribution in [2.45, 2.75) is 6.04 Å². The van der Waals surface area contributed by atoms with Gasteiger partial charge in [-0.2, -0.15) is 0 Å². The summed E-state index contributed by atoms with van der Waals surface area (Å²) in [6.07, 6.45) is 0. The first kappa shape index (κ1) is 14.3. The summed E-state index contributed by atoms with van der Waals surface area (Å²) in [5.41, 5.74) is 6.35. The third-order valence-corrected chi connectivity index (χ3v) is 3.07.